The highest BCUT2D eigenvalue weighted by molar-refractivity contribution is 5.80. The molecule has 1 N–H and O–H groups in total. The van der Waals surface area contributed by atoms with E-state index in [4.69, 9.17) is 0 Å². The van der Waals surface area contributed by atoms with Gasteiger partial charge in [-0.3, -0.25) is 4.79 Å². The highest BCUT2D eigenvalue weighted by atomic mass is 16.3. The summed E-state index contributed by atoms with van der Waals surface area (Å²) in [7, 11) is 1.79. The van der Waals surface area contributed by atoms with Crippen LogP contribution in [0.4, 0.5) is 0 Å². The van der Waals surface area contributed by atoms with Crippen molar-refractivity contribution in [2.75, 3.05) is 13.6 Å². The van der Waals surface area contributed by atoms with Crippen LogP contribution in [0, 0.1) is 11.8 Å². The lowest BCUT2D eigenvalue weighted by molar-refractivity contribution is -0.141. The van der Waals surface area contributed by atoms with Crippen molar-refractivity contribution >= 4 is 5.91 Å². The quantitative estimate of drug-likeness (QED) is 0.894. The Balaban J connectivity index is 2.01. The van der Waals surface area contributed by atoms with Crippen LogP contribution in [0.2, 0.25) is 0 Å². The summed E-state index contributed by atoms with van der Waals surface area (Å²) in [5.74, 6) is 0.321. The van der Waals surface area contributed by atoms with E-state index in [2.05, 4.69) is 18.8 Å². The van der Waals surface area contributed by atoms with E-state index in [-0.39, 0.29) is 11.8 Å². The number of imidazole rings is 1. The molecule has 2 heterocycles. The monoisotopic (exact) mass is 279 g/mol. The zero-order valence-corrected chi connectivity index (χ0v) is 12.6. The van der Waals surface area contributed by atoms with E-state index in [0.717, 1.165) is 32.4 Å². The maximum Gasteiger partial charge on any atom is 0.228 e. The number of nitrogens with zero attached hydrogens (tertiary/aromatic N) is 3. The molecule has 0 saturated carbocycles. The molecule has 1 saturated heterocycles. The summed E-state index contributed by atoms with van der Waals surface area (Å²) in [6.07, 6.45) is 5.59. The fraction of sp³-hybridized carbons (Fsp3) is 0.733. The highest BCUT2D eigenvalue weighted by Crippen LogP contribution is 2.29. The zero-order chi connectivity index (χ0) is 14.7. The summed E-state index contributed by atoms with van der Waals surface area (Å²) in [4.78, 5) is 18.1. The van der Waals surface area contributed by atoms with Crippen molar-refractivity contribution in [3.05, 3.63) is 18.2 Å². The maximum absolute atomic E-state index is 12.1. The third-order valence-corrected chi connectivity index (χ3v) is 4.00. The minimum atomic E-state index is -0.787. The number of hydrogen-bond donors (Lipinski definition) is 1. The molecule has 1 aliphatic heterocycles. The number of likely N-dealkylation sites (tertiary alicyclic amines) is 1. The standard InChI is InChI=1S/C15H25N3O2/c1-11(2)6-8-18-9-13(16-10-18)14(19)12-5-4-7-17(3)15(12)20/h9-12,14,19H,4-8H2,1-3H3. The Morgan fingerprint density at radius 1 is 1.50 bits per heavy atom. The van der Waals surface area contributed by atoms with Gasteiger partial charge in [-0.05, 0) is 25.2 Å². The Morgan fingerprint density at radius 3 is 2.95 bits per heavy atom. The predicted octanol–water partition coefficient (Wildman–Crippen LogP) is 1.83. The van der Waals surface area contributed by atoms with E-state index in [9.17, 15) is 9.90 Å². The summed E-state index contributed by atoms with van der Waals surface area (Å²) < 4.78 is 2.00. The van der Waals surface area contributed by atoms with Gasteiger partial charge < -0.3 is 14.6 Å². The van der Waals surface area contributed by atoms with Gasteiger partial charge in [0.2, 0.25) is 5.91 Å². The molecule has 1 amide bonds. The third-order valence-electron chi connectivity index (χ3n) is 4.00. The Labute approximate surface area is 120 Å². The second-order valence-electron chi connectivity index (χ2n) is 6.17. The Hall–Kier alpha value is -1.36. The Morgan fingerprint density at radius 2 is 2.25 bits per heavy atom. The number of amides is 1. The third kappa shape index (κ3) is 3.39. The van der Waals surface area contributed by atoms with E-state index in [1.54, 1.807) is 18.3 Å². The summed E-state index contributed by atoms with van der Waals surface area (Å²) in [6.45, 7) is 6.05. The van der Waals surface area contributed by atoms with Gasteiger partial charge in [0.05, 0.1) is 17.9 Å². The summed E-state index contributed by atoms with van der Waals surface area (Å²) in [6, 6.07) is 0. The van der Waals surface area contributed by atoms with Crippen molar-refractivity contribution in [2.45, 2.75) is 45.8 Å². The van der Waals surface area contributed by atoms with Crippen molar-refractivity contribution in [3.63, 3.8) is 0 Å². The van der Waals surface area contributed by atoms with Gasteiger partial charge in [0.25, 0.3) is 0 Å². The summed E-state index contributed by atoms with van der Waals surface area (Å²) >= 11 is 0. The van der Waals surface area contributed by atoms with Crippen molar-refractivity contribution < 1.29 is 9.90 Å². The number of carbonyl (C=O) groups excluding carboxylic acids is 1. The number of aliphatic hydroxyl groups excluding tert-OH is 1. The van der Waals surface area contributed by atoms with Gasteiger partial charge in [0.1, 0.15) is 6.10 Å². The van der Waals surface area contributed by atoms with Crippen molar-refractivity contribution in [3.8, 4) is 0 Å². The molecule has 0 aliphatic carbocycles. The van der Waals surface area contributed by atoms with Gasteiger partial charge in [-0.2, -0.15) is 0 Å². The normalized spacial score (nSPS) is 21.6. The number of piperidine rings is 1. The average molecular weight is 279 g/mol. The topological polar surface area (TPSA) is 58.4 Å². The number of carbonyl (C=O) groups is 1. The van der Waals surface area contributed by atoms with Gasteiger partial charge in [-0.1, -0.05) is 13.8 Å². The zero-order valence-electron chi connectivity index (χ0n) is 12.6. The molecule has 1 aromatic rings. The second kappa shape index (κ2) is 6.39. The molecule has 1 aliphatic rings. The van der Waals surface area contributed by atoms with Crippen LogP contribution in [0.1, 0.15) is 44.9 Å². The first kappa shape index (κ1) is 15.0. The van der Waals surface area contributed by atoms with Crippen LogP contribution in [-0.2, 0) is 11.3 Å². The minimum Gasteiger partial charge on any atom is -0.386 e. The Bertz CT molecular complexity index is 456. The molecular formula is C15H25N3O2. The SMILES string of the molecule is CC(C)CCn1cnc(C(O)C2CCCN(C)C2=O)c1. The van der Waals surface area contributed by atoms with Crippen LogP contribution >= 0.6 is 0 Å². The Kier molecular flexibility index (Phi) is 4.81. The largest absolute Gasteiger partial charge is 0.386 e. The molecule has 0 bridgehead atoms. The molecule has 2 rings (SSSR count). The van der Waals surface area contributed by atoms with Gasteiger partial charge in [0, 0.05) is 26.3 Å². The number of rotatable bonds is 5. The molecule has 2 atom stereocenters. The van der Waals surface area contributed by atoms with E-state index < -0.39 is 6.10 Å². The number of aryl methyl sites for hydroxylation is 1. The molecule has 5 heteroatoms. The highest BCUT2D eigenvalue weighted by Gasteiger charge is 2.34. The lowest BCUT2D eigenvalue weighted by Gasteiger charge is -2.31. The maximum atomic E-state index is 12.1. The molecule has 112 valence electrons. The first-order chi connectivity index (χ1) is 9.49. The molecule has 0 spiro atoms. The fourth-order valence-corrected chi connectivity index (χ4v) is 2.62. The second-order valence-corrected chi connectivity index (χ2v) is 6.17. The van der Waals surface area contributed by atoms with E-state index >= 15 is 0 Å². The van der Waals surface area contributed by atoms with Crippen LogP contribution in [0.3, 0.4) is 0 Å². The van der Waals surface area contributed by atoms with Crippen molar-refractivity contribution in [2.24, 2.45) is 11.8 Å². The first-order valence-electron chi connectivity index (χ1n) is 7.43. The first-order valence-corrected chi connectivity index (χ1v) is 7.43. The molecule has 1 fully saturated rings. The van der Waals surface area contributed by atoms with Gasteiger partial charge >= 0.3 is 0 Å². The fourth-order valence-electron chi connectivity index (χ4n) is 2.62. The lowest BCUT2D eigenvalue weighted by Crippen LogP contribution is -2.40. The molecule has 2 unspecified atom stereocenters. The van der Waals surface area contributed by atoms with E-state index in [1.165, 1.54) is 0 Å². The van der Waals surface area contributed by atoms with Crippen molar-refractivity contribution in [1.82, 2.24) is 14.5 Å². The van der Waals surface area contributed by atoms with Crippen LogP contribution in [0.5, 0.6) is 0 Å². The molecular weight excluding hydrogens is 254 g/mol. The lowest BCUT2D eigenvalue weighted by atomic mass is 9.90. The van der Waals surface area contributed by atoms with Gasteiger partial charge in [0.15, 0.2) is 0 Å². The average Bonchev–Trinajstić information content (AvgIpc) is 2.87. The smallest absolute Gasteiger partial charge is 0.228 e. The molecule has 20 heavy (non-hydrogen) atoms. The number of aliphatic hydroxyl groups is 1. The van der Waals surface area contributed by atoms with Crippen LogP contribution < -0.4 is 0 Å². The van der Waals surface area contributed by atoms with Crippen LogP contribution in [0.25, 0.3) is 0 Å². The van der Waals surface area contributed by atoms with Gasteiger partial charge in [-0.25, -0.2) is 4.98 Å². The molecule has 5 nitrogen and oxygen atoms in total. The summed E-state index contributed by atoms with van der Waals surface area (Å²) in [5.41, 5.74) is 0.613. The predicted molar refractivity (Wildman–Crippen MR) is 77.0 cm³/mol. The van der Waals surface area contributed by atoms with E-state index in [0.29, 0.717) is 11.6 Å². The van der Waals surface area contributed by atoms with Crippen molar-refractivity contribution in [1.29, 1.82) is 0 Å². The summed E-state index contributed by atoms with van der Waals surface area (Å²) in [5, 5.41) is 10.4. The van der Waals surface area contributed by atoms with E-state index in [1.807, 2.05) is 10.8 Å². The van der Waals surface area contributed by atoms with Crippen LogP contribution in [-0.4, -0.2) is 39.1 Å². The molecule has 0 radical (unpaired) electrons. The number of hydrogen-bond acceptors (Lipinski definition) is 3. The molecule has 0 aromatic carbocycles. The molecule has 1 aromatic heterocycles. The van der Waals surface area contributed by atoms with Gasteiger partial charge in [-0.15, -0.1) is 0 Å². The van der Waals surface area contributed by atoms with Crippen LogP contribution in [0.15, 0.2) is 12.5 Å². The number of aromatic nitrogens is 2. The minimum absolute atomic E-state index is 0.0282.